The van der Waals surface area contributed by atoms with Crippen LogP contribution in [0.25, 0.3) is 0 Å². The first-order valence-corrected chi connectivity index (χ1v) is 7.79. The monoisotopic (exact) mass is 355 g/mol. The highest BCUT2D eigenvalue weighted by Crippen LogP contribution is 2.32. The summed E-state index contributed by atoms with van der Waals surface area (Å²) in [6, 6.07) is 2.67. The average Bonchev–Trinajstić information content (AvgIpc) is 2.97. The highest BCUT2D eigenvalue weighted by molar-refractivity contribution is 5.98. The highest BCUT2D eigenvalue weighted by atomic mass is 19.4. The van der Waals surface area contributed by atoms with Crippen LogP contribution in [0.15, 0.2) is 30.4 Å². The summed E-state index contributed by atoms with van der Waals surface area (Å²) in [6.07, 6.45) is 0.635. The van der Waals surface area contributed by atoms with E-state index in [1.807, 2.05) is 12.2 Å². The number of allylic oxidation sites excluding steroid dienone is 1. The molecule has 1 atom stereocenters. The zero-order valence-electron chi connectivity index (χ0n) is 14.0. The lowest BCUT2D eigenvalue weighted by atomic mass is 10.1. The Labute approximate surface area is 143 Å². The summed E-state index contributed by atoms with van der Waals surface area (Å²) in [4.78, 5) is 25.6. The minimum Gasteiger partial charge on any atom is -0.346 e. The van der Waals surface area contributed by atoms with Crippen molar-refractivity contribution < 1.29 is 22.8 Å². The maximum atomic E-state index is 13.1. The number of hydrogen-bond donors (Lipinski definition) is 2. The Morgan fingerprint density at radius 1 is 1.24 bits per heavy atom. The second-order valence-electron chi connectivity index (χ2n) is 6.17. The van der Waals surface area contributed by atoms with Gasteiger partial charge in [-0.25, -0.2) is 0 Å². The lowest BCUT2D eigenvalue weighted by molar-refractivity contribution is -0.137. The Kier molecular flexibility index (Phi) is 5.84. The first kappa shape index (κ1) is 19.0. The van der Waals surface area contributed by atoms with Gasteiger partial charge in [-0.1, -0.05) is 12.2 Å². The van der Waals surface area contributed by atoms with Gasteiger partial charge in [0.2, 0.25) is 5.91 Å². The third-order valence-electron chi connectivity index (χ3n) is 3.60. The summed E-state index contributed by atoms with van der Waals surface area (Å²) in [5.74, 6) is -1.07. The average molecular weight is 355 g/mol. The lowest BCUT2D eigenvalue weighted by Crippen LogP contribution is -2.32. The topological polar surface area (TPSA) is 61.4 Å². The second kappa shape index (κ2) is 7.69. The molecule has 2 N–H and O–H groups in total. The lowest BCUT2D eigenvalue weighted by Gasteiger charge is -2.16. The van der Waals surface area contributed by atoms with Gasteiger partial charge in [-0.05, 0) is 45.1 Å². The number of amides is 2. The van der Waals surface area contributed by atoms with Gasteiger partial charge in [0.15, 0.2) is 0 Å². The van der Waals surface area contributed by atoms with E-state index in [1.54, 1.807) is 19.0 Å². The predicted octanol–water partition coefficient (Wildman–Crippen LogP) is 2.65. The summed E-state index contributed by atoms with van der Waals surface area (Å²) < 4.78 is 39.3. The maximum absolute atomic E-state index is 13.1. The number of likely N-dealkylation sites (N-methyl/N-ethyl adjacent to an activating group) is 1. The molecule has 1 unspecified atom stereocenters. The molecule has 0 fully saturated rings. The third-order valence-corrected chi connectivity index (χ3v) is 3.60. The number of halogens is 3. The second-order valence-corrected chi connectivity index (χ2v) is 6.17. The summed E-state index contributed by atoms with van der Waals surface area (Å²) in [5, 5.41) is 5.07. The van der Waals surface area contributed by atoms with E-state index in [1.165, 1.54) is 6.07 Å². The van der Waals surface area contributed by atoms with Gasteiger partial charge < -0.3 is 15.5 Å². The SMILES string of the molecule is CN(C)CC(=O)Nc1cc(C(=O)NC2C=CCC2)cc(C(F)(F)F)c1. The van der Waals surface area contributed by atoms with Gasteiger partial charge in [-0.15, -0.1) is 0 Å². The molecule has 0 saturated heterocycles. The summed E-state index contributed by atoms with van der Waals surface area (Å²) in [7, 11) is 3.33. The quantitative estimate of drug-likeness (QED) is 0.799. The van der Waals surface area contributed by atoms with E-state index in [2.05, 4.69) is 10.6 Å². The molecule has 136 valence electrons. The Balaban J connectivity index is 2.25. The number of anilines is 1. The highest BCUT2D eigenvalue weighted by Gasteiger charge is 2.32. The molecule has 0 heterocycles. The number of carbonyl (C=O) groups is 2. The van der Waals surface area contributed by atoms with Crippen molar-refractivity contribution in [2.45, 2.75) is 25.1 Å². The molecule has 0 saturated carbocycles. The minimum atomic E-state index is -4.62. The smallest absolute Gasteiger partial charge is 0.346 e. The normalized spacial score (nSPS) is 17.0. The van der Waals surface area contributed by atoms with E-state index >= 15 is 0 Å². The van der Waals surface area contributed by atoms with Gasteiger partial charge in [-0.3, -0.25) is 9.59 Å². The Hall–Kier alpha value is -2.35. The van der Waals surface area contributed by atoms with Crippen LogP contribution in [0.1, 0.15) is 28.8 Å². The van der Waals surface area contributed by atoms with Gasteiger partial charge in [0.1, 0.15) is 0 Å². The molecule has 0 spiro atoms. The van der Waals surface area contributed by atoms with Crippen LogP contribution < -0.4 is 10.6 Å². The Bertz CT molecular complexity index is 684. The third kappa shape index (κ3) is 5.60. The first-order valence-electron chi connectivity index (χ1n) is 7.79. The fourth-order valence-corrected chi connectivity index (χ4v) is 2.49. The zero-order valence-corrected chi connectivity index (χ0v) is 14.0. The van der Waals surface area contributed by atoms with Gasteiger partial charge in [0.25, 0.3) is 5.91 Å². The standard InChI is InChI=1S/C17H20F3N3O2/c1-23(2)10-15(24)21-14-8-11(7-12(9-14)17(18,19)20)16(25)22-13-5-3-4-6-13/h3,5,7-9,13H,4,6,10H2,1-2H3,(H,21,24)(H,22,25). The Morgan fingerprint density at radius 2 is 1.96 bits per heavy atom. The van der Waals surface area contributed by atoms with Crippen molar-refractivity contribution in [2.24, 2.45) is 0 Å². The van der Waals surface area contributed by atoms with Gasteiger partial charge in [0.05, 0.1) is 12.1 Å². The molecule has 2 rings (SSSR count). The van der Waals surface area contributed by atoms with E-state index in [0.29, 0.717) is 0 Å². The summed E-state index contributed by atoms with van der Waals surface area (Å²) in [5.41, 5.74) is -1.19. The molecule has 0 radical (unpaired) electrons. The molecule has 1 aromatic carbocycles. The molecule has 0 aromatic heterocycles. The molecule has 8 heteroatoms. The zero-order chi connectivity index (χ0) is 18.6. The van der Waals surface area contributed by atoms with Crippen molar-refractivity contribution >= 4 is 17.5 Å². The van der Waals surface area contributed by atoms with Crippen LogP contribution in [-0.2, 0) is 11.0 Å². The van der Waals surface area contributed by atoms with Crippen molar-refractivity contribution in [1.29, 1.82) is 0 Å². The molecule has 0 bridgehead atoms. The molecule has 25 heavy (non-hydrogen) atoms. The molecule has 5 nitrogen and oxygen atoms in total. The number of alkyl halides is 3. The summed E-state index contributed by atoms with van der Waals surface area (Å²) >= 11 is 0. The molecule has 2 amide bonds. The van der Waals surface area contributed by atoms with E-state index in [4.69, 9.17) is 0 Å². The fourth-order valence-electron chi connectivity index (χ4n) is 2.49. The van der Waals surface area contributed by atoms with E-state index in [0.717, 1.165) is 25.0 Å². The summed E-state index contributed by atoms with van der Waals surface area (Å²) in [6.45, 7) is 0.0185. The number of nitrogens with one attached hydrogen (secondary N) is 2. The van der Waals surface area contributed by atoms with Crippen LogP contribution in [0.4, 0.5) is 18.9 Å². The fraction of sp³-hybridized carbons (Fsp3) is 0.412. The van der Waals surface area contributed by atoms with Crippen LogP contribution in [0.5, 0.6) is 0 Å². The van der Waals surface area contributed by atoms with Crippen molar-refractivity contribution in [3.8, 4) is 0 Å². The number of benzene rings is 1. The molecular weight excluding hydrogens is 335 g/mol. The van der Waals surface area contributed by atoms with Crippen molar-refractivity contribution in [2.75, 3.05) is 26.0 Å². The van der Waals surface area contributed by atoms with Crippen LogP contribution in [0.3, 0.4) is 0 Å². The van der Waals surface area contributed by atoms with E-state index in [-0.39, 0.29) is 23.8 Å². The maximum Gasteiger partial charge on any atom is 0.416 e. The molecule has 1 aliphatic carbocycles. The van der Waals surface area contributed by atoms with Crippen molar-refractivity contribution in [3.05, 3.63) is 41.5 Å². The van der Waals surface area contributed by atoms with Gasteiger partial charge in [-0.2, -0.15) is 13.2 Å². The molecular formula is C17H20F3N3O2. The molecule has 0 aliphatic heterocycles. The van der Waals surface area contributed by atoms with Crippen LogP contribution >= 0.6 is 0 Å². The van der Waals surface area contributed by atoms with E-state index in [9.17, 15) is 22.8 Å². The molecule has 1 aromatic rings. The number of nitrogens with zero attached hydrogens (tertiary/aromatic N) is 1. The number of carbonyl (C=O) groups excluding carboxylic acids is 2. The molecule has 1 aliphatic rings. The van der Waals surface area contributed by atoms with Crippen LogP contribution in [0, 0.1) is 0 Å². The predicted molar refractivity (Wildman–Crippen MR) is 88.3 cm³/mol. The number of hydrogen-bond acceptors (Lipinski definition) is 3. The van der Waals surface area contributed by atoms with Crippen molar-refractivity contribution in [3.63, 3.8) is 0 Å². The Morgan fingerprint density at radius 3 is 2.52 bits per heavy atom. The van der Waals surface area contributed by atoms with Crippen molar-refractivity contribution in [1.82, 2.24) is 10.2 Å². The van der Waals surface area contributed by atoms with Gasteiger partial charge >= 0.3 is 6.18 Å². The van der Waals surface area contributed by atoms with E-state index < -0.39 is 23.6 Å². The number of rotatable bonds is 5. The largest absolute Gasteiger partial charge is 0.416 e. The minimum absolute atomic E-state index is 0.0185. The van der Waals surface area contributed by atoms with Crippen LogP contribution in [-0.4, -0.2) is 43.4 Å². The first-order chi connectivity index (χ1) is 11.6. The van der Waals surface area contributed by atoms with Crippen LogP contribution in [0.2, 0.25) is 0 Å². The van der Waals surface area contributed by atoms with Gasteiger partial charge in [0, 0.05) is 17.3 Å².